The second-order valence-corrected chi connectivity index (χ2v) is 3.65. The van der Waals surface area contributed by atoms with Gasteiger partial charge >= 0.3 is 5.97 Å². The number of aliphatic carboxylic acids is 1. The smallest absolute Gasteiger partial charge is 0.328 e. The molecule has 0 bridgehead atoms. The van der Waals surface area contributed by atoms with Crippen molar-refractivity contribution in [2.24, 2.45) is 0 Å². The summed E-state index contributed by atoms with van der Waals surface area (Å²) < 4.78 is 37.6. The van der Waals surface area contributed by atoms with E-state index in [4.69, 9.17) is 5.11 Å². The summed E-state index contributed by atoms with van der Waals surface area (Å²) in [7, 11) is 1.43. The Morgan fingerprint density at radius 1 is 1.50 bits per heavy atom. The second kappa shape index (κ2) is 6.09. The monoisotopic (exact) mass is 259 g/mol. The lowest BCUT2D eigenvalue weighted by atomic mass is 10.1. The lowest BCUT2D eigenvalue weighted by Gasteiger charge is -2.21. The van der Waals surface area contributed by atoms with Crippen molar-refractivity contribution in [3.05, 3.63) is 35.7 Å². The molecule has 0 radical (unpaired) electrons. The van der Waals surface area contributed by atoms with Gasteiger partial charge in [0.05, 0.1) is 6.54 Å². The first-order chi connectivity index (χ1) is 8.40. The number of hydrogen-bond donors (Lipinski definition) is 1. The highest BCUT2D eigenvalue weighted by atomic mass is 19.3. The molecule has 0 aliphatic heterocycles. The molecule has 6 heteroatoms. The van der Waals surface area contributed by atoms with Gasteiger partial charge in [0.25, 0.3) is 6.43 Å². The van der Waals surface area contributed by atoms with Crippen molar-refractivity contribution in [3.8, 4) is 0 Å². The SMILES string of the molecule is CN(CC(F)F)c1ccc(F)cc1/C=C/C(=O)O. The van der Waals surface area contributed by atoms with Gasteiger partial charge in [-0.25, -0.2) is 18.0 Å². The zero-order valence-corrected chi connectivity index (χ0v) is 9.61. The summed E-state index contributed by atoms with van der Waals surface area (Å²) in [5, 5.41) is 8.50. The highest BCUT2D eigenvalue weighted by molar-refractivity contribution is 5.87. The van der Waals surface area contributed by atoms with Gasteiger partial charge in [-0.3, -0.25) is 0 Å². The van der Waals surface area contributed by atoms with E-state index in [2.05, 4.69) is 0 Å². The Morgan fingerprint density at radius 2 is 2.17 bits per heavy atom. The minimum Gasteiger partial charge on any atom is -0.478 e. The van der Waals surface area contributed by atoms with Crippen molar-refractivity contribution in [3.63, 3.8) is 0 Å². The number of rotatable bonds is 5. The fourth-order valence-corrected chi connectivity index (χ4v) is 1.47. The molecule has 0 atom stereocenters. The number of alkyl halides is 2. The standard InChI is InChI=1S/C12H12F3NO2/c1-16(7-11(14)15)10-4-3-9(13)6-8(10)2-5-12(17)18/h2-6,11H,7H2,1H3,(H,17,18)/b5-2+. The molecule has 0 aliphatic carbocycles. The van der Waals surface area contributed by atoms with Crippen LogP contribution in [0, 0.1) is 5.82 Å². The molecule has 18 heavy (non-hydrogen) atoms. The zero-order valence-electron chi connectivity index (χ0n) is 9.61. The Hall–Kier alpha value is -1.98. The summed E-state index contributed by atoms with van der Waals surface area (Å²) in [5.74, 6) is -1.75. The Morgan fingerprint density at radius 3 is 2.72 bits per heavy atom. The Labute approximate surface area is 102 Å². The molecule has 98 valence electrons. The summed E-state index contributed by atoms with van der Waals surface area (Å²) in [6.07, 6.45) is -0.534. The van der Waals surface area contributed by atoms with Crippen molar-refractivity contribution < 1.29 is 23.1 Å². The normalized spacial score (nSPS) is 11.2. The number of benzene rings is 1. The van der Waals surface area contributed by atoms with Crippen LogP contribution in [0.15, 0.2) is 24.3 Å². The molecule has 0 heterocycles. The molecular formula is C12H12F3NO2. The van der Waals surface area contributed by atoms with E-state index >= 15 is 0 Å². The average molecular weight is 259 g/mol. The predicted octanol–water partition coefficient (Wildman–Crippen LogP) is 2.62. The molecule has 1 aromatic rings. The van der Waals surface area contributed by atoms with E-state index in [0.29, 0.717) is 5.69 Å². The van der Waals surface area contributed by atoms with Crippen molar-refractivity contribution in [1.82, 2.24) is 0 Å². The van der Waals surface area contributed by atoms with Crippen LogP contribution >= 0.6 is 0 Å². The third-order valence-corrected chi connectivity index (χ3v) is 2.22. The zero-order chi connectivity index (χ0) is 13.7. The van der Waals surface area contributed by atoms with E-state index < -0.39 is 24.8 Å². The molecule has 1 N–H and O–H groups in total. The summed E-state index contributed by atoms with van der Waals surface area (Å²) in [5.41, 5.74) is 0.578. The number of nitrogens with zero attached hydrogens (tertiary/aromatic N) is 1. The minimum absolute atomic E-state index is 0.237. The fraction of sp³-hybridized carbons (Fsp3) is 0.250. The maximum absolute atomic E-state index is 13.0. The van der Waals surface area contributed by atoms with Crippen LogP contribution in [-0.4, -0.2) is 31.1 Å². The molecular weight excluding hydrogens is 247 g/mol. The number of carbonyl (C=O) groups is 1. The molecule has 0 aliphatic rings. The minimum atomic E-state index is -2.53. The lowest BCUT2D eigenvalue weighted by Crippen LogP contribution is -2.24. The highest BCUT2D eigenvalue weighted by Crippen LogP contribution is 2.22. The first kappa shape index (κ1) is 14.1. The average Bonchev–Trinajstić information content (AvgIpc) is 2.25. The predicted molar refractivity (Wildman–Crippen MR) is 62.3 cm³/mol. The largest absolute Gasteiger partial charge is 0.478 e. The summed E-state index contributed by atoms with van der Waals surface area (Å²) in [4.78, 5) is 11.6. The number of carboxylic acids is 1. The van der Waals surface area contributed by atoms with Crippen molar-refractivity contribution in [2.45, 2.75) is 6.43 Å². The van der Waals surface area contributed by atoms with Crippen LogP contribution in [0.1, 0.15) is 5.56 Å². The second-order valence-electron chi connectivity index (χ2n) is 3.65. The molecule has 0 unspecified atom stereocenters. The molecule has 0 aromatic heterocycles. The molecule has 0 fully saturated rings. The first-order valence-electron chi connectivity index (χ1n) is 5.10. The molecule has 3 nitrogen and oxygen atoms in total. The van der Waals surface area contributed by atoms with Crippen molar-refractivity contribution in [2.75, 3.05) is 18.5 Å². The molecule has 1 rings (SSSR count). The number of carboxylic acid groups (broad SMARTS) is 1. The van der Waals surface area contributed by atoms with Crippen LogP contribution in [-0.2, 0) is 4.79 Å². The van der Waals surface area contributed by atoms with Crippen LogP contribution in [0.25, 0.3) is 6.08 Å². The number of hydrogen-bond acceptors (Lipinski definition) is 2. The van der Waals surface area contributed by atoms with E-state index in [1.165, 1.54) is 24.1 Å². The van der Waals surface area contributed by atoms with Gasteiger partial charge in [0.1, 0.15) is 5.82 Å². The Balaban J connectivity index is 3.06. The topological polar surface area (TPSA) is 40.5 Å². The molecule has 0 amide bonds. The van der Waals surface area contributed by atoms with Crippen LogP contribution in [0.3, 0.4) is 0 Å². The first-order valence-corrected chi connectivity index (χ1v) is 5.10. The third-order valence-electron chi connectivity index (χ3n) is 2.22. The maximum Gasteiger partial charge on any atom is 0.328 e. The van der Waals surface area contributed by atoms with Gasteiger partial charge in [0, 0.05) is 24.4 Å². The van der Waals surface area contributed by atoms with Crippen molar-refractivity contribution in [1.29, 1.82) is 0 Å². The van der Waals surface area contributed by atoms with Gasteiger partial charge in [0.2, 0.25) is 0 Å². The van der Waals surface area contributed by atoms with E-state index in [-0.39, 0.29) is 5.56 Å². The van der Waals surface area contributed by atoms with Gasteiger partial charge < -0.3 is 10.0 Å². The maximum atomic E-state index is 13.0. The lowest BCUT2D eigenvalue weighted by molar-refractivity contribution is -0.131. The summed E-state index contributed by atoms with van der Waals surface area (Å²) in [6, 6.07) is 3.56. The van der Waals surface area contributed by atoms with E-state index in [9.17, 15) is 18.0 Å². The summed E-state index contributed by atoms with van der Waals surface area (Å²) >= 11 is 0. The van der Waals surface area contributed by atoms with Crippen molar-refractivity contribution >= 4 is 17.7 Å². The molecule has 1 aromatic carbocycles. The van der Waals surface area contributed by atoms with E-state index in [1.807, 2.05) is 0 Å². The molecule has 0 saturated heterocycles. The Bertz CT molecular complexity index is 461. The van der Waals surface area contributed by atoms with Gasteiger partial charge in [-0.2, -0.15) is 0 Å². The number of halogens is 3. The van der Waals surface area contributed by atoms with Gasteiger partial charge in [-0.1, -0.05) is 0 Å². The fourth-order valence-electron chi connectivity index (χ4n) is 1.47. The third kappa shape index (κ3) is 4.12. The van der Waals surface area contributed by atoms with Crippen LogP contribution in [0.5, 0.6) is 0 Å². The van der Waals surface area contributed by atoms with Gasteiger partial charge in [-0.15, -0.1) is 0 Å². The quantitative estimate of drug-likeness (QED) is 0.826. The van der Waals surface area contributed by atoms with Crippen LogP contribution in [0.4, 0.5) is 18.9 Å². The molecule has 0 saturated carbocycles. The Kier molecular flexibility index (Phi) is 4.76. The van der Waals surface area contributed by atoms with Crippen LogP contribution in [0.2, 0.25) is 0 Å². The van der Waals surface area contributed by atoms with Gasteiger partial charge in [0.15, 0.2) is 0 Å². The highest BCUT2D eigenvalue weighted by Gasteiger charge is 2.12. The van der Waals surface area contributed by atoms with E-state index in [0.717, 1.165) is 18.2 Å². The van der Waals surface area contributed by atoms with Crippen LogP contribution < -0.4 is 4.90 Å². The molecule has 0 spiro atoms. The summed E-state index contributed by atoms with van der Waals surface area (Å²) in [6.45, 7) is -0.514. The number of anilines is 1. The van der Waals surface area contributed by atoms with E-state index in [1.54, 1.807) is 0 Å². The van der Waals surface area contributed by atoms with Gasteiger partial charge in [-0.05, 0) is 24.3 Å².